The summed E-state index contributed by atoms with van der Waals surface area (Å²) >= 11 is 1.68. The van der Waals surface area contributed by atoms with E-state index < -0.39 is 0 Å². The summed E-state index contributed by atoms with van der Waals surface area (Å²) in [4.78, 5) is 4.41. The Morgan fingerprint density at radius 1 is 1.53 bits per heavy atom. The maximum atomic E-state index is 4.41. The average molecular weight is 223 g/mol. The maximum absolute atomic E-state index is 4.41. The molecule has 15 heavy (non-hydrogen) atoms. The van der Waals surface area contributed by atoms with Crippen molar-refractivity contribution in [3.8, 4) is 0 Å². The van der Waals surface area contributed by atoms with E-state index in [0.717, 1.165) is 22.7 Å². The monoisotopic (exact) mass is 223 g/mol. The number of aryl methyl sites for hydroxylation is 1. The molecule has 0 bridgehead atoms. The fourth-order valence-corrected chi connectivity index (χ4v) is 1.71. The van der Waals surface area contributed by atoms with Crippen LogP contribution in [0.5, 0.6) is 0 Å². The molecular formula is C13H21NS. The van der Waals surface area contributed by atoms with E-state index in [9.17, 15) is 0 Å². The Balaban J connectivity index is 0.000000921. The third-order valence-corrected chi connectivity index (χ3v) is 2.56. The van der Waals surface area contributed by atoms with Gasteiger partial charge >= 0.3 is 0 Å². The molecule has 0 amide bonds. The van der Waals surface area contributed by atoms with Crippen LogP contribution in [0.2, 0.25) is 0 Å². The quantitative estimate of drug-likeness (QED) is 0.665. The van der Waals surface area contributed by atoms with Gasteiger partial charge in [0.25, 0.3) is 0 Å². The van der Waals surface area contributed by atoms with Gasteiger partial charge in [-0.15, -0.1) is 11.3 Å². The molecule has 0 aliphatic carbocycles. The lowest BCUT2D eigenvalue weighted by molar-refractivity contribution is 0.960. The van der Waals surface area contributed by atoms with Crippen LogP contribution in [0.1, 0.15) is 44.3 Å². The van der Waals surface area contributed by atoms with E-state index in [1.807, 2.05) is 26.8 Å². The van der Waals surface area contributed by atoms with Crippen molar-refractivity contribution < 1.29 is 0 Å². The van der Waals surface area contributed by atoms with Crippen molar-refractivity contribution in [2.75, 3.05) is 0 Å². The topological polar surface area (TPSA) is 12.9 Å². The molecule has 1 aromatic heterocycles. The van der Waals surface area contributed by atoms with Crippen molar-refractivity contribution in [2.45, 2.75) is 40.5 Å². The van der Waals surface area contributed by atoms with E-state index in [2.05, 4.69) is 29.9 Å². The SMILES string of the molecule is C=C/C(=C\CCC)c1csc(C)n1.CC. The number of unbranched alkanes of at least 4 members (excludes halogenated alkanes) is 1. The van der Waals surface area contributed by atoms with E-state index in [1.165, 1.54) is 6.42 Å². The van der Waals surface area contributed by atoms with Gasteiger partial charge in [0, 0.05) is 5.38 Å². The Labute approximate surface area is 97.6 Å². The number of nitrogens with zero attached hydrogens (tertiary/aromatic N) is 1. The first kappa shape index (κ1) is 14.1. The highest BCUT2D eigenvalue weighted by Crippen LogP contribution is 2.18. The van der Waals surface area contributed by atoms with Gasteiger partial charge in [-0.25, -0.2) is 4.98 Å². The first-order valence-corrected chi connectivity index (χ1v) is 6.41. The molecule has 84 valence electrons. The van der Waals surface area contributed by atoms with Gasteiger partial charge in [0.1, 0.15) is 0 Å². The van der Waals surface area contributed by atoms with E-state index in [0.29, 0.717) is 0 Å². The Kier molecular flexibility index (Phi) is 7.92. The molecule has 0 unspecified atom stereocenters. The zero-order valence-electron chi connectivity index (χ0n) is 10.2. The molecule has 0 saturated heterocycles. The molecule has 0 fully saturated rings. The summed E-state index contributed by atoms with van der Waals surface area (Å²) in [6, 6.07) is 0. The molecule has 0 N–H and O–H groups in total. The van der Waals surface area contributed by atoms with Crippen molar-refractivity contribution in [2.24, 2.45) is 0 Å². The van der Waals surface area contributed by atoms with Crippen LogP contribution in [0.25, 0.3) is 5.57 Å². The smallest absolute Gasteiger partial charge is 0.0901 e. The first-order chi connectivity index (χ1) is 7.27. The van der Waals surface area contributed by atoms with Gasteiger partial charge in [0.05, 0.1) is 10.7 Å². The lowest BCUT2D eigenvalue weighted by Crippen LogP contribution is -1.81. The first-order valence-electron chi connectivity index (χ1n) is 5.53. The van der Waals surface area contributed by atoms with Gasteiger partial charge in [0.2, 0.25) is 0 Å². The van der Waals surface area contributed by atoms with Gasteiger partial charge in [-0.1, -0.05) is 45.9 Å². The summed E-state index contributed by atoms with van der Waals surface area (Å²) in [6.45, 7) is 12.0. The number of hydrogen-bond acceptors (Lipinski definition) is 2. The van der Waals surface area contributed by atoms with Crippen LogP contribution in [0.4, 0.5) is 0 Å². The Bertz CT molecular complexity index is 310. The minimum Gasteiger partial charge on any atom is -0.242 e. The summed E-state index contributed by atoms with van der Waals surface area (Å²) < 4.78 is 0. The normalized spacial score (nSPS) is 10.5. The highest BCUT2D eigenvalue weighted by Gasteiger charge is 2.00. The highest BCUT2D eigenvalue weighted by atomic mass is 32.1. The van der Waals surface area contributed by atoms with E-state index >= 15 is 0 Å². The van der Waals surface area contributed by atoms with Crippen LogP contribution in [0.3, 0.4) is 0 Å². The van der Waals surface area contributed by atoms with Gasteiger partial charge < -0.3 is 0 Å². The maximum Gasteiger partial charge on any atom is 0.0901 e. The van der Waals surface area contributed by atoms with Crippen LogP contribution < -0.4 is 0 Å². The van der Waals surface area contributed by atoms with E-state index in [4.69, 9.17) is 0 Å². The minimum absolute atomic E-state index is 1.06. The van der Waals surface area contributed by atoms with Crippen LogP contribution >= 0.6 is 11.3 Å². The molecule has 0 aliphatic rings. The summed E-state index contributed by atoms with van der Waals surface area (Å²) in [5.41, 5.74) is 2.22. The predicted octanol–water partition coefficient (Wildman–Crippen LogP) is 4.85. The van der Waals surface area contributed by atoms with Crippen molar-refractivity contribution in [3.63, 3.8) is 0 Å². The van der Waals surface area contributed by atoms with E-state index in [-0.39, 0.29) is 0 Å². The summed E-state index contributed by atoms with van der Waals surface area (Å²) in [5, 5.41) is 3.19. The molecule has 1 nitrogen and oxygen atoms in total. The summed E-state index contributed by atoms with van der Waals surface area (Å²) in [5.74, 6) is 0. The second-order valence-electron chi connectivity index (χ2n) is 2.90. The number of allylic oxidation sites excluding steroid dienone is 3. The zero-order chi connectivity index (χ0) is 11.7. The van der Waals surface area contributed by atoms with Crippen LogP contribution in [-0.2, 0) is 0 Å². The van der Waals surface area contributed by atoms with Gasteiger partial charge in [-0.05, 0) is 18.9 Å². The van der Waals surface area contributed by atoms with Gasteiger partial charge in [-0.3, -0.25) is 0 Å². The highest BCUT2D eigenvalue weighted by molar-refractivity contribution is 7.09. The summed E-state index contributed by atoms with van der Waals surface area (Å²) in [6.07, 6.45) is 6.34. The van der Waals surface area contributed by atoms with Crippen LogP contribution in [-0.4, -0.2) is 4.98 Å². The molecule has 1 heterocycles. The Morgan fingerprint density at radius 2 is 2.20 bits per heavy atom. The molecule has 1 rings (SSSR count). The standard InChI is InChI=1S/C11H15NS.C2H6/c1-4-6-7-10(5-2)11-8-13-9(3)12-11;1-2/h5,7-8H,2,4,6H2,1,3H3;1-2H3/b10-7+;. The van der Waals surface area contributed by atoms with Gasteiger partial charge in [0.15, 0.2) is 0 Å². The van der Waals surface area contributed by atoms with Crippen molar-refractivity contribution >= 4 is 16.9 Å². The number of rotatable bonds is 4. The largest absolute Gasteiger partial charge is 0.242 e. The molecule has 0 saturated carbocycles. The number of thiazole rings is 1. The zero-order valence-corrected chi connectivity index (χ0v) is 11.0. The lowest BCUT2D eigenvalue weighted by Gasteiger charge is -1.95. The van der Waals surface area contributed by atoms with Crippen LogP contribution in [0.15, 0.2) is 24.1 Å². The summed E-state index contributed by atoms with van der Waals surface area (Å²) in [7, 11) is 0. The van der Waals surface area contributed by atoms with Crippen molar-refractivity contribution in [1.82, 2.24) is 4.98 Å². The third kappa shape index (κ3) is 4.93. The molecule has 0 atom stereocenters. The molecule has 0 aromatic carbocycles. The fourth-order valence-electron chi connectivity index (χ4n) is 1.09. The lowest BCUT2D eigenvalue weighted by atomic mass is 10.1. The number of aromatic nitrogens is 1. The van der Waals surface area contributed by atoms with E-state index in [1.54, 1.807) is 11.3 Å². The molecule has 1 aromatic rings. The average Bonchev–Trinajstić information content (AvgIpc) is 2.69. The predicted molar refractivity (Wildman–Crippen MR) is 71.3 cm³/mol. The Hall–Kier alpha value is -0.890. The second-order valence-corrected chi connectivity index (χ2v) is 3.97. The number of hydrogen-bond donors (Lipinski definition) is 0. The van der Waals surface area contributed by atoms with Gasteiger partial charge in [-0.2, -0.15) is 0 Å². The molecule has 0 radical (unpaired) electrons. The fraction of sp³-hybridized carbons (Fsp3) is 0.462. The second kappa shape index (κ2) is 8.42. The molecule has 2 heteroatoms. The molecule has 0 spiro atoms. The molecular weight excluding hydrogens is 202 g/mol. The minimum atomic E-state index is 1.06. The third-order valence-electron chi connectivity index (χ3n) is 1.79. The Morgan fingerprint density at radius 3 is 2.60 bits per heavy atom. The van der Waals surface area contributed by atoms with Crippen molar-refractivity contribution in [1.29, 1.82) is 0 Å². The molecule has 0 aliphatic heterocycles. The van der Waals surface area contributed by atoms with Crippen molar-refractivity contribution in [3.05, 3.63) is 34.8 Å². The van der Waals surface area contributed by atoms with Crippen LogP contribution in [0, 0.1) is 6.92 Å².